The zero-order valence-electron chi connectivity index (χ0n) is 16.0. The monoisotopic (exact) mass is 366 g/mol. The molecule has 0 saturated heterocycles. The minimum atomic E-state index is -0.127. The number of hydrogen-bond donors (Lipinski definition) is 2. The standard InChI is InChI=1S/C22H26N2O3/c1-4-26-20-11-10-16(12-21(20)27-5-2)15(3)24-22(25)13-17-14-23-19-9-7-6-8-18(17)19/h6-12,14-15,23H,4-5,13H2,1-3H3,(H,24,25)/t15-/m1/s1. The molecular formula is C22H26N2O3. The maximum absolute atomic E-state index is 12.5. The van der Waals surface area contributed by atoms with Gasteiger partial charge in [-0.25, -0.2) is 0 Å². The number of nitrogens with one attached hydrogen (secondary N) is 2. The van der Waals surface area contributed by atoms with Gasteiger partial charge in [-0.05, 0) is 50.1 Å². The first-order valence-corrected chi connectivity index (χ1v) is 9.36. The van der Waals surface area contributed by atoms with Crippen molar-refractivity contribution in [3.63, 3.8) is 0 Å². The van der Waals surface area contributed by atoms with E-state index in [-0.39, 0.29) is 11.9 Å². The molecule has 5 nitrogen and oxygen atoms in total. The van der Waals surface area contributed by atoms with E-state index in [1.54, 1.807) is 0 Å². The lowest BCUT2D eigenvalue weighted by atomic mass is 10.1. The lowest BCUT2D eigenvalue weighted by Crippen LogP contribution is -2.28. The molecule has 0 aliphatic carbocycles. The maximum Gasteiger partial charge on any atom is 0.224 e. The molecule has 0 saturated carbocycles. The third kappa shape index (κ3) is 4.42. The van der Waals surface area contributed by atoms with Crippen molar-refractivity contribution >= 4 is 16.8 Å². The van der Waals surface area contributed by atoms with Crippen molar-refractivity contribution in [2.45, 2.75) is 33.2 Å². The molecular weight excluding hydrogens is 340 g/mol. The third-order valence-electron chi connectivity index (χ3n) is 4.47. The number of carbonyl (C=O) groups is 1. The molecule has 0 aliphatic rings. The number of aromatic amines is 1. The summed E-state index contributed by atoms with van der Waals surface area (Å²) in [5, 5.41) is 4.15. The normalized spacial score (nSPS) is 12.0. The zero-order chi connectivity index (χ0) is 19.2. The Kier molecular flexibility index (Phi) is 6.01. The van der Waals surface area contributed by atoms with Gasteiger partial charge < -0.3 is 19.8 Å². The largest absolute Gasteiger partial charge is 0.490 e. The number of H-pyrrole nitrogens is 1. The van der Waals surface area contributed by atoms with Crippen molar-refractivity contribution in [2.24, 2.45) is 0 Å². The SMILES string of the molecule is CCOc1ccc([C@@H](C)NC(=O)Cc2c[nH]c3ccccc23)cc1OCC. The van der Waals surface area contributed by atoms with Gasteiger partial charge in [0.1, 0.15) is 0 Å². The van der Waals surface area contributed by atoms with E-state index in [2.05, 4.69) is 10.3 Å². The van der Waals surface area contributed by atoms with Crippen molar-refractivity contribution in [2.75, 3.05) is 13.2 Å². The van der Waals surface area contributed by atoms with Crippen LogP contribution in [-0.2, 0) is 11.2 Å². The van der Waals surface area contributed by atoms with E-state index in [9.17, 15) is 4.79 Å². The van der Waals surface area contributed by atoms with E-state index in [0.717, 1.165) is 27.8 Å². The lowest BCUT2D eigenvalue weighted by Gasteiger charge is -2.17. The highest BCUT2D eigenvalue weighted by molar-refractivity contribution is 5.89. The maximum atomic E-state index is 12.5. The second-order valence-corrected chi connectivity index (χ2v) is 6.40. The first kappa shape index (κ1) is 18.8. The molecule has 1 atom stereocenters. The minimum absolute atomic E-state index is 0.0147. The summed E-state index contributed by atoms with van der Waals surface area (Å²) in [5.74, 6) is 1.41. The summed E-state index contributed by atoms with van der Waals surface area (Å²) in [5.41, 5.74) is 3.02. The molecule has 3 rings (SSSR count). The molecule has 0 fully saturated rings. The topological polar surface area (TPSA) is 63.3 Å². The fourth-order valence-corrected chi connectivity index (χ4v) is 3.16. The van der Waals surface area contributed by atoms with Crippen LogP contribution in [0.1, 0.15) is 37.9 Å². The predicted octanol–water partition coefficient (Wildman–Crippen LogP) is 4.39. The average molecular weight is 366 g/mol. The van der Waals surface area contributed by atoms with E-state index in [1.165, 1.54) is 0 Å². The summed E-state index contributed by atoms with van der Waals surface area (Å²) < 4.78 is 11.3. The molecule has 0 unspecified atom stereocenters. The molecule has 0 bridgehead atoms. The lowest BCUT2D eigenvalue weighted by molar-refractivity contribution is -0.121. The van der Waals surface area contributed by atoms with Gasteiger partial charge in [0.05, 0.1) is 25.7 Å². The molecule has 1 aromatic heterocycles. The Hall–Kier alpha value is -2.95. The van der Waals surface area contributed by atoms with Crippen LogP contribution in [0.4, 0.5) is 0 Å². The Morgan fingerprint density at radius 3 is 2.59 bits per heavy atom. The van der Waals surface area contributed by atoms with Crippen molar-refractivity contribution in [1.82, 2.24) is 10.3 Å². The van der Waals surface area contributed by atoms with Gasteiger partial charge >= 0.3 is 0 Å². The summed E-state index contributed by atoms with van der Waals surface area (Å²) in [6.45, 7) is 6.99. The van der Waals surface area contributed by atoms with Crippen molar-refractivity contribution in [3.05, 3.63) is 59.8 Å². The number of rotatable bonds is 8. The van der Waals surface area contributed by atoms with Crippen LogP contribution in [0.25, 0.3) is 10.9 Å². The van der Waals surface area contributed by atoms with Crippen molar-refractivity contribution in [3.8, 4) is 11.5 Å². The Bertz CT molecular complexity index is 917. The van der Waals surface area contributed by atoms with E-state index in [1.807, 2.05) is 69.4 Å². The third-order valence-corrected chi connectivity index (χ3v) is 4.47. The van der Waals surface area contributed by atoms with Crippen LogP contribution in [0.2, 0.25) is 0 Å². The molecule has 0 radical (unpaired) electrons. The van der Waals surface area contributed by atoms with Gasteiger partial charge in [-0.3, -0.25) is 4.79 Å². The first-order chi connectivity index (χ1) is 13.1. The van der Waals surface area contributed by atoms with Crippen LogP contribution in [0.15, 0.2) is 48.7 Å². The molecule has 27 heavy (non-hydrogen) atoms. The highest BCUT2D eigenvalue weighted by atomic mass is 16.5. The molecule has 1 heterocycles. The van der Waals surface area contributed by atoms with Crippen LogP contribution in [-0.4, -0.2) is 24.1 Å². The van der Waals surface area contributed by atoms with E-state index in [4.69, 9.17) is 9.47 Å². The van der Waals surface area contributed by atoms with Crippen LogP contribution in [0.5, 0.6) is 11.5 Å². The number of hydrogen-bond acceptors (Lipinski definition) is 3. The number of carbonyl (C=O) groups excluding carboxylic acids is 1. The highest BCUT2D eigenvalue weighted by Crippen LogP contribution is 2.30. The molecule has 1 amide bonds. The quantitative estimate of drug-likeness (QED) is 0.622. The van der Waals surface area contributed by atoms with Gasteiger partial charge in [0.2, 0.25) is 5.91 Å². The first-order valence-electron chi connectivity index (χ1n) is 9.36. The number of aromatic nitrogens is 1. The second-order valence-electron chi connectivity index (χ2n) is 6.40. The van der Waals surface area contributed by atoms with E-state index >= 15 is 0 Å². The van der Waals surface area contributed by atoms with Gasteiger partial charge in [0, 0.05) is 17.1 Å². The Balaban J connectivity index is 1.69. The molecule has 2 N–H and O–H groups in total. The van der Waals surface area contributed by atoms with Crippen LogP contribution in [0, 0.1) is 0 Å². The Labute approximate surface area is 159 Å². The fourth-order valence-electron chi connectivity index (χ4n) is 3.16. The summed E-state index contributed by atoms with van der Waals surface area (Å²) in [6.07, 6.45) is 2.24. The molecule has 142 valence electrons. The van der Waals surface area contributed by atoms with Gasteiger partial charge in [-0.1, -0.05) is 24.3 Å². The predicted molar refractivity (Wildman–Crippen MR) is 107 cm³/mol. The summed E-state index contributed by atoms with van der Waals surface area (Å²) in [7, 11) is 0. The molecule has 3 aromatic rings. The summed E-state index contributed by atoms with van der Waals surface area (Å²) in [4.78, 5) is 15.7. The van der Waals surface area contributed by atoms with Gasteiger partial charge in [0.25, 0.3) is 0 Å². The second kappa shape index (κ2) is 8.62. The molecule has 2 aromatic carbocycles. The Morgan fingerprint density at radius 2 is 1.81 bits per heavy atom. The van der Waals surface area contributed by atoms with Crippen molar-refractivity contribution in [1.29, 1.82) is 0 Å². The van der Waals surface area contributed by atoms with Gasteiger partial charge in [0.15, 0.2) is 11.5 Å². The average Bonchev–Trinajstić information content (AvgIpc) is 3.06. The van der Waals surface area contributed by atoms with Crippen LogP contribution < -0.4 is 14.8 Å². The van der Waals surface area contributed by atoms with E-state index in [0.29, 0.717) is 25.4 Å². The van der Waals surface area contributed by atoms with Gasteiger partial charge in [-0.2, -0.15) is 0 Å². The van der Waals surface area contributed by atoms with Crippen LogP contribution in [0.3, 0.4) is 0 Å². The Morgan fingerprint density at radius 1 is 1.07 bits per heavy atom. The van der Waals surface area contributed by atoms with Crippen molar-refractivity contribution < 1.29 is 14.3 Å². The molecule has 5 heteroatoms. The number of amides is 1. The number of ether oxygens (including phenoxy) is 2. The van der Waals surface area contributed by atoms with Crippen LogP contribution >= 0.6 is 0 Å². The summed E-state index contributed by atoms with van der Waals surface area (Å²) in [6, 6.07) is 13.7. The fraction of sp³-hybridized carbons (Fsp3) is 0.318. The summed E-state index contributed by atoms with van der Waals surface area (Å²) >= 11 is 0. The smallest absolute Gasteiger partial charge is 0.224 e. The number of benzene rings is 2. The number of para-hydroxylation sites is 1. The highest BCUT2D eigenvalue weighted by Gasteiger charge is 2.15. The number of fused-ring (bicyclic) bond motifs is 1. The minimum Gasteiger partial charge on any atom is -0.490 e. The molecule has 0 aliphatic heterocycles. The van der Waals surface area contributed by atoms with E-state index < -0.39 is 0 Å². The zero-order valence-corrected chi connectivity index (χ0v) is 16.0. The molecule has 0 spiro atoms. The van der Waals surface area contributed by atoms with Gasteiger partial charge in [-0.15, -0.1) is 0 Å².